The molecule has 0 heterocycles. The Morgan fingerprint density at radius 2 is 1.88 bits per heavy atom. The van der Waals surface area contributed by atoms with E-state index in [1.54, 1.807) is 12.1 Å². The molecule has 7 N–H and O–H groups in total. The van der Waals surface area contributed by atoms with Crippen molar-refractivity contribution in [1.29, 1.82) is 0 Å². The first kappa shape index (κ1) is 20.2. The highest BCUT2D eigenvalue weighted by Gasteiger charge is 2.25. The van der Waals surface area contributed by atoms with Crippen LogP contribution in [0.3, 0.4) is 0 Å². The fourth-order valence-corrected chi connectivity index (χ4v) is 2.25. The zero-order valence-corrected chi connectivity index (χ0v) is 13.5. The van der Waals surface area contributed by atoms with Crippen molar-refractivity contribution in [3.63, 3.8) is 0 Å². The van der Waals surface area contributed by atoms with E-state index in [9.17, 15) is 14.2 Å². The van der Waals surface area contributed by atoms with E-state index in [2.05, 4.69) is 4.52 Å². The van der Waals surface area contributed by atoms with Gasteiger partial charge in [0.25, 0.3) is 0 Å². The number of anilines is 1. The summed E-state index contributed by atoms with van der Waals surface area (Å²) in [5, 5.41) is 8.91. The number of aliphatic hydroxyl groups excluding tert-OH is 1. The summed E-state index contributed by atoms with van der Waals surface area (Å²) in [5.41, 5.74) is 11.7. The Labute approximate surface area is 137 Å². The van der Waals surface area contributed by atoms with E-state index in [-0.39, 0.29) is 17.7 Å². The number of ketones is 1. The molecule has 10 nitrogen and oxygen atoms in total. The second-order valence-corrected chi connectivity index (χ2v) is 6.04. The summed E-state index contributed by atoms with van der Waals surface area (Å²) in [4.78, 5) is 41.0. The average Bonchev–Trinajstić information content (AvgIpc) is 2.50. The molecule has 0 amide bonds. The van der Waals surface area contributed by atoms with Gasteiger partial charge < -0.3 is 31.1 Å². The van der Waals surface area contributed by atoms with Crippen LogP contribution in [0.4, 0.5) is 5.69 Å². The lowest BCUT2D eigenvalue weighted by Gasteiger charge is -2.17. The molecule has 2 atom stereocenters. The minimum absolute atomic E-state index is 0.221. The normalized spacial score (nSPS) is 14.0. The Bertz CT molecular complexity index is 632. The molecule has 11 heteroatoms. The number of para-hydroxylation sites is 1. The number of phosphoric ester groups is 1. The van der Waals surface area contributed by atoms with Crippen LogP contribution in [0.1, 0.15) is 16.8 Å². The predicted octanol–water partition coefficient (Wildman–Crippen LogP) is -0.818. The van der Waals surface area contributed by atoms with E-state index < -0.39 is 44.9 Å². The van der Waals surface area contributed by atoms with Crippen molar-refractivity contribution in [1.82, 2.24) is 0 Å². The molecule has 1 unspecified atom stereocenters. The largest absolute Gasteiger partial charge is 0.470 e. The van der Waals surface area contributed by atoms with Crippen molar-refractivity contribution in [2.75, 3.05) is 18.9 Å². The van der Waals surface area contributed by atoms with E-state index >= 15 is 0 Å². The van der Waals surface area contributed by atoms with Crippen molar-refractivity contribution in [2.24, 2.45) is 5.73 Å². The monoisotopic (exact) mass is 362 g/mol. The molecule has 24 heavy (non-hydrogen) atoms. The van der Waals surface area contributed by atoms with E-state index in [1.807, 2.05) is 0 Å². The lowest BCUT2D eigenvalue weighted by atomic mass is 10.0. The molecule has 1 rings (SSSR count). The molecule has 1 aromatic rings. The van der Waals surface area contributed by atoms with Gasteiger partial charge in [-0.05, 0) is 12.1 Å². The zero-order valence-electron chi connectivity index (χ0n) is 12.6. The molecule has 0 aliphatic carbocycles. The Balaban J connectivity index is 2.54. The molecule has 0 aliphatic rings. The number of nitrogen functional groups attached to an aromatic ring is 1. The van der Waals surface area contributed by atoms with E-state index in [1.165, 1.54) is 12.1 Å². The van der Waals surface area contributed by atoms with Gasteiger partial charge in [0.1, 0.15) is 18.8 Å². The van der Waals surface area contributed by atoms with Crippen LogP contribution in [0.25, 0.3) is 0 Å². The summed E-state index contributed by atoms with van der Waals surface area (Å²) in [6, 6.07) is 4.98. The number of hydrogen-bond donors (Lipinski definition) is 5. The smallest absolute Gasteiger partial charge is 0.462 e. The molecule has 0 radical (unpaired) electrons. The molecule has 0 aliphatic heterocycles. The molecular formula is C13H19N2O8P. The quantitative estimate of drug-likeness (QED) is 0.161. The number of hydrogen-bond acceptors (Lipinski definition) is 8. The highest BCUT2D eigenvalue weighted by atomic mass is 31.2. The number of carbonyl (C=O) groups is 2. The van der Waals surface area contributed by atoms with Crippen LogP contribution >= 0.6 is 7.82 Å². The Morgan fingerprint density at radius 3 is 2.42 bits per heavy atom. The van der Waals surface area contributed by atoms with Crippen molar-refractivity contribution in [3.05, 3.63) is 29.8 Å². The molecule has 134 valence electrons. The maximum absolute atomic E-state index is 12.0. The van der Waals surface area contributed by atoms with Gasteiger partial charge in [-0.2, -0.15) is 0 Å². The summed E-state index contributed by atoms with van der Waals surface area (Å²) >= 11 is 0. The fourth-order valence-electron chi connectivity index (χ4n) is 1.74. The van der Waals surface area contributed by atoms with Gasteiger partial charge in [-0.1, -0.05) is 12.1 Å². The third-order valence-corrected chi connectivity index (χ3v) is 3.44. The maximum atomic E-state index is 12.0. The lowest BCUT2D eigenvalue weighted by molar-refractivity contribution is -0.148. The SMILES string of the molecule is Nc1ccccc1C(=O)C[C@H](N)C(=O)OCC(CO)OP(=O)(O)O. The highest BCUT2D eigenvalue weighted by molar-refractivity contribution is 7.46. The van der Waals surface area contributed by atoms with Crippen molar-refractivity contribution in [2.45, 2.75) is 18.6 Å². The number of carbonyl (C=O) groups excluding carboxylic acids is 2. The number of Topliss-reactive ketones (excluding diaryl/α,β-unsaturated/α-hetero) is 1. The van der Waals surface area contributed by atoms with Gasteiger partial charge in [0, 0.05) is 17.7 Å². The second-order valence-electron chi connectivity index (χ2n) is 4.85. The fraction of sp³-hybridized carbons (Fsp3) is 0.385. The van der Waals surface area contributed by atoms with Crippen LogP contribution in [0.2, 0.25) is 0 Å². The van der Waals surface area contributed by atoms with Gasteiger partial charge in [0.15, 0.2) is 5.78 Å². The average molecular weight is 362 g/mol. The summed E-state index contributed by atoms with van der Waals surface area (Å²) in [6.45, 7) is -1.41. The van der Waals surface area contributed by atoms with Gasteiger partial charge in [-0.15, -0.1) is 0 Å². The van der Waals surface area contributed by atoms with Crippen LogP contribution in [0.15, 0.2) is 24.3 Å². The number of esters is 1. The van der Waals surface area contributed by atoms with E-state index in [0.29, 0.717) is 0 Å². The standard InChI is InChI=1S/C13H19N2O8P/c14-10-4-2-1-3-9(10)12(17)5-11(15)13(18)22-7-8(6-16)23-24(19,20)21/h1-4,8,11,16H,5-7,14-15H2,(H2,19,20,21)/t8?,11-/m0/s1. The molecular weight excluding hydrogens is 343 g/mol. The lowest BCUT2D eigenvalue weighted by Crippen LogP contribution is -2.37. The number of phosphoric acid groups is 1. The first-order valence-electron chi connectivity index (χ1n) is 6.78. The van der Waals surface area contributed by atoms with Gasteiger partial charge in [-0.25, -0.2) is 4.57 Å². The molecule has 0 bridgehead atoms. The Morgan fingerprint density at radius 1 is 1.25 bits per heavy atom. The van der Waals surface area contributed by atoms with Crippen LogP contribution in [-0.4, -0.2) is 52.0 Å². The first-order valence-corrected chi connectivity index (χ1v) is 8.31. The second kappa shape index (κ2) is 8.88. The summed E-state index contributed by atoms with van der Waals surface area (Å²) in [7, 11) is -4.84. The predicted molar refractivity (Wildman–Crippen MR) is 82.7 cm³/mol. The van der Waals surface area contributed by atoms with Crippen LogP contribution in [0, 0.1) is 0 Å². The number of ether oxygens (including phenoxy) is 1. The number of rotatable bonds is 9. The van der Waals surface area contributed by atoms with Crippen LogP contribution < -0.4 is 11.5 Å². The van der Waals surface area contributed by atoms with Gasteiger partial charge in [0.2, 0.25) is 0 Å². The van der Waals surface area contributed by atoms with Gasteiger partial charge in [-0.3, -0.25) is 14.1 Å². The Hall–Kier alpha value is -1.81. The maximum Gasteiger partial charge on any atom is 0.470 e. The Kier molecular flexibility index (Phi) is 7.49. The number of nitrogens with two attached hydrogens (primary N) is 2. The van der Waals surface area contributed by atoms with E-state index in [0.717, 1.165) is 0 Å². The molecule has 0 saturated carbocycles. The van der Waals surface area contributed by atoms with Crippen molar-refractivity contribution < 1.29 is 38.3 Å². The molecule has 0 saturated heterocycles. The highest BCUT2D eigenvalue weighted by Crippen LogP contribution is 2.37. The van der Waals surface area contributed by atoms with Crippen molar-refractivity contribution in [3.8, 4) is 0 Å². The first-order chi connectivity index (χ1) is 11.1. The third kappa shape index (κ3) is 6.75. The van der Waals surface area contributed by atoms with Crippen molar-refractivity contribution >= 4 is 25.3 Å². The third-order valence-electron chi connectivity index (χ3n) is 2.87. The topological polar surface area (TPSA) is 182 Å². The van der Waals surface area contributed by atoms with Gasteiger partial charge >= 0.3 is 13.8 Å². The summed E-state index contributed by atoms with van der Waals surface area (Å²) in [5.74, 6) is -1.44. The van der Waals surface area contributed by atoms with Crippen LogP contribution in [-0.2, 0) is 18.6 Å². The molecule has 1 aromatic carbocycles. The number of benzene rings is 1. The minimum Gasteiger partial charge on any atom is -0.462 e. The van der Waals surface area contributed by atoms with E-state index in [4.69, 9.17) is 31.1 Å². The molecule has 0 aromatic heterocycles. The summed E-state index contributed by atoms with van der Waals surface area (Å²) < 4.78 is 19.5. The minimum atomic E-state index is -4.84. The summed E-state index contributed by atoms with van der Waals surface area (Å²) in [6.07, 6.45) is -1.78. The zero-order chi connectivity index (χ0) is 18.3. The molecule has 0 fully saturated rings. The van der Waals surface area contributed by atoms with Crippen LogP contribution in [0.5, 0.6) is 0 Å². The van der Waals surface area contributed by atoms with Gasteiger partial charge in [0.05, 0.1) is 6.61 Å². The number of aliphatic hydroxyl groups is 1. The molecule has 0 spiro atoms.